The van der Waals surface area contributed by atoms with Crippen molar-refractivity contribution in [1.29, 1.82) is 0 Å². The van der Waals surface area contributed by atoms with Crippen LogP contribution in [0.3, 0.4) is 0 Å². The van der Waals surface area contributed by atoms with Crippen LogP contribution in [0.4, 0.5) is 0 Å². The summed E-state index contributed by atoms with van der Waals surface area (Å²) >= 11 is 0. The van der Waals surface area contributed by atoms with Crippen molar-refractivity contribution >= 4 is 11.0 Å². The van der Waals surface area contributed by atoms with E-state index in [1.165, 1.54) is 13.0 Å². The highest BCUT2D eigenvalue weighted by molar-refractivity contribution is 5.82. The second-order valence-electron chi connectivity index (χ2n) is 7.89. The Bertz CT molecular complexity index is 968. The fourth-order valence-corrected chi connectivity index (χ4v) is 3.75. The number of aliphatic hydroxyl groups excluding tert-OH is 4. The maximum Gasteiger partial charge on any atom is 0.336 e. The predicted molar refractivity (Wildman–Crippen MR) is 101 cm³/mol. The van der Waals surface area contributed by atoms with Crippen LogP contribution >= 0.6 is 0 Å². The number of aliphatic hydroxyl groups is 5. The first-order chi connectivity index (χ1) is 14.2. The van der Waals surface area contributed by atoms with Gasteiger partial charge in [-0.25, -0.2) is 4.79 Å². The van der Waals surface area contributed by atoms with Gasteiger partial charge in [-0.1, -0.05) is 0 Å². The monoisotopic (exact) mass is 424 g/mol. The van der Waals surface area contributed by atoms with Crippen LogP contribution in [0.1, 0.15) is 12.5 Å². The third-order valence-electron chi connectivity index (χ3n) is 5.59. The first-order valence-electron chi connectivity index (χ1n) is 9.58. The van der Waals surface area contributed by atoms with Crippen molar-refractivity contribution in [2.75, 3.05) is 13.2 Å². The van der Waals surface area contributed by atoms with Gasteiger partial charge in [-0.3, -0.25) is 0 Å². The van der Waals surface area contributed by atoms with Gasteiger partial charge in [-0.15, -0.1) is 0 Å². The lowest BCUT2D eigenvalue weighted by Crippen LogP contribution is -2.60. The first-order valence-corrected chi connectivity index (χ1v) is 9.58. The SMILES string of the molecule is CC(O)(CO[C@@H]1O[C@H](CO)[C@@H](O)[C@H](O)[C@H]1O)[C@@H]1Cc2c(ccc3ccc(=O)oc23)O1. The lowest BCUT2D eigenvalue weighted by atomic mass is 9.95. The third-order valence-corrected chi connectivity index (χ3v) is 5.59. The van der Waals surface area contributed by atoms with Crippen LogP contribution in [0.2, 0.25) is 0 Å². The van der Waals surface area contributed by atoms with Crippen molar-refractivity contribution in [2.45, 2.75) is 55.8 Å². The highest BCUT2D eigenvalue weighted by Crippen LogP contribution is 2.38. The van der Waals surface area contributed by atoms with Gasteiger partial charge in [0, 0.05) is 23.4 Å². The molecule has 0 spiro atoms. The summed E-state index contributed by atoms with van der Waals surface area (Å²) < 4.78 is 21.9. The van der Waals surface area contributed by atoms with Gasteiger partial charge in [-0.2, -0.15) is 0 Å². The Kier molecular flexibility index (Phi) is 5.58. The van der Waals surface area contributed by atoms with Gasteiger partial charge < -0.3 is 44.2 Å². The molecule has 1 fully saturated rings. The van der Waals surface area contributed by atoms with Gasteiger partial charge in [0.05, 0.1) is 13.2 Å². The van der Waals surface area contributed by atoms with E-state index >= 15 is 0 Å². The van der Waals surface area contributed by atoms with Gasteiger partial charge in [0.2, 0.25) is 0 Å². The molecule has 1 aromatic carbocycles. The van der Waals surface area contributed by atoms with E-state index in [0.717, 1.165) is 5.39 Å². The number of ether oxygens (including phenoxy) is 3. The Morgan fingerprint density at radius 2 is 1.87 bits per heavy atom. The first kappa shape index (κ1) is 21.2. The van der Waals surface area contributed by atoms with Crippen LogP contribution in [-0.2, 0) is 15.9 Å². The Balaban J connectivity index is 1.47. The molecule has 0 bridgehead atoms. The fraction of sp³-hybridized carbons (Fsp3) is 0.550. The molecule has 1 saturated heterocycles. The zero-order valence-electron chi connectivity index (χ0n) is 16.2. The van der Waals surface area contributed by atoms with Crippen LogP contribution in [0.5, 0.6) is 5.75 Å². The quantitative estimate of drug-likeness (QED) is 0.364. The Hall–Kier alpha value is -2.05. The molecule has 30 heavy (non-hydrogen) atoms. The van der Waals surface area contributed by atoms with E-state index in [1.807, 2.05) is 0 Å². The van der Waals surface area contributed by atoms with Gasteiger partial charge in [0.15, 0.2) is 6.29 Å². The number of fused-ring (bicyclic) bond motifs is 3. The Morgan fingerprint density at radius 3 is 2.60 bits per heavy atom. The molecule has 5 N–H and O–H groups in total. The highest BCUT2D eigenvalue weighted by Gasteiger charge is 2.46. The lowest BCUT2D eigenvalue weighted by Gasteiger charge is -2.40. The van der Waals surface area contributed by atoms with Crippen LogP contribution in [0.15, 0.2) is 33.5 Å². The molecule has 7 atom stereocenters. The zero-order chi connectivity index (χ0) is 21.6. The van der Waals surface area contributed by atoms with Crippen molar-refractivity contribution in [3.05, 3.63) is 40.2 Å². The molecule has 2 aromatic rings. The standard InChI is InChI=1S/C20H24O10/c1-20(26,8-27-19-17(25)16(24)15(23)12(7-21)29-19)13-6-10-11(28-13)4-2-9-3-5-14(22)30-18(9)10/h2-5,12-13,15-17,19,21,23-26H,6-8H2,1H3/t12-,13+,15-,16+,17-,19-,20?/m1/s1. The van der Waals surface area contributed by atoms with Crippen molar-refractivity contribution in [2.24, 2.45) is 0 Å². The summed E-state index contributed by atoms with van der Waals surface area (Å²) in [5.74, 6) is 0.481. The maximum atomic E-state index is 11.6. The van der Waals surface area contributed by atoms with E-state index in [1.54, 1.807) is 18.2 Å². The lowest BCUT2D eigenvalue weighted by molar-refractivity contribution is -0.310. The summed E-state index contributed by atoms with van der Waals surface area (Å²) in [6.07, 6.45) is -7.61. The van der Waals surface area contributed by atoms with Gasteiger partial charge in [0.25, 0.3) is 0 Å². The summed E-state index contributed by atoms with van der Waals surface area (Å²) in [7, 11) is 0. The molecular weight excluding hydrogens is 400 g/mol. The number of hydrogen-bond donors (Lipinski definition) is 5. The smallest absolute Gasteiger partial charge is 0.336 e. The van der Waals surface area contributed by atoms with Crippen molar-refractivity contribution in [3.63, 3.8) is 0 Å². The topological polar surface area (TPSA) is 159 Å². The maximum absolute atomic E-state index is 11.6. The van der Waals surface area contributed by atoms with Crippen LogP contribution in [0, 0.1) is 0 Å². The van der Waals surface area contributed by atoms with Gasteiger partial charge in [0.1, 0.15) is 47.5 Å². The van der Waals surface area contributed by atoms with Crippen LogP contribution in [0.25, 0.3) is 11.0 Å². The van der Waals surface area contributed by atoms with Gasteiger partial charge >= 0.3 is 5.63 Å². The van der Waals surface area contributed by atoms with Crippen LogP contribution in [-0.4, -0.2) is 81.2 Å². The molecule has 164 valence electrons. The van der Waals surface area contributed by atoms with Gasteiger partial charge in [-0.05, 0) is 25.1 Å². The zero-order valence-corrected chi connectivity index (χ0v) is 16.2. The number of benzene rings is 1. The molecule has 0 saturated carbocycles. The Labute approximate surface area is 170 Å². The predicted octanol–water partition coefficient (Wildman–Crippen LogP) is -1.34. The van der Waals surface area contributed by atoms with Crippen LogP contribution < -0.4 is 10.4 Å². The number of rotatable bonds is 5. The molecule has 10 heteroatoms. The molecule has 10 nitrogen and oxygen atoms in total. The van der Waals surface area contributed by atoms with E-state index in [2.05, 4.69) is 0 Å². The molecule has 3 heterocycles. The van der Waals surface area contributed by atoms with E-state index in [0.29, 0.717) is 16.9 Å². The minimum Gasteiger partial charge on any atom is -0.487 e. The number of hydrogen-bond acceptors (Lipinski definition) is 10. The minimum absolute atomic E-state index is 0.255. The normalized spacial score (nSPS) is 33.1. The molecule has 0 amide bonds. The summed E-state index contributed by atoms with van der Waals surface area (Å²) in [4.78, 5) is 11.6. The molecule has 1 aromatic heterocycles. The largest absolute Gasteiger partial charge is 0.487 e. The molecule has 4 rings (SSSR count). The Morgan fingerprint density at radius 1 is 1.13 bits per heavy atom. The average Bonchev–Trinajstić information content (AvgIpc) is 3.17. The van der Waals surface area contributed by atoms with Crippen molar-refractivity contribution in [1.82, 2.24) is 0 Å². The average molecular weight is 424 g/mol. The van der Waals surface area contributed by atoms with E-state index in [9.17, 15) is 30.3 Å². The second-order valence-corrected chi connectivity index (χ2v) is 7.89. The summed E-state index contributed by atoms with van der Waals surface area (Å²) in [5, 5.41) is 50.7. The molecule has 0 aliphatic carbocycles. The van der Waals surface area contributed by atoms with E-state index < -0.39 is 54.6 Å². The minimum atomic E-state index is -1.58. The fourth-order valence-electron chi connectivity index (χ4n) is 3.75. The molecule has 1 unspecified atom stereocenters. The van der Waals surface area contributed by atoms with Crippen molar-refractivity contribution < 1.29 is 44.2 Å². The highest BCUT2D eigenvalue weighted by atomic mass is 16.7. The summed E-state index contributed by atoms with van der Waals surface area (Å²) in [6.45, 7) is 0.558. The molecule has 2 aliphatic rings. The van der Waals surface area contributed by atoms with Crippen molar-refractivity contribution in [3.8, 4) is 5.75 Å². The third kappa shape index (κ3) is 3.71. The molecule has 0 radical (unpaired) electrons. The molecule has 2 aliphatic heterocycles. The molecular formula is C20H24O10. The second kappa shape index (κ2) is 7.89. The van der Waals surface area contributed by atoms with E-state index in [4.69, 9.17) is 18.6 Å². The summed E-state index contributed by atoms with van der Waals surface area (Å²) in [5.41, 5.74) is -0.979. The van der Waals surface area contributed by atoms with E-state index in [-0.39, 0.29) is 13.0 Å². The summed E-state index contributed by atoms with van der Waals surface area (Å²) in [6, 6.07) is 6.45.